The first-order valence-electron chi connectivity index (χ1n) is 9.34. The third-order valence-corrected chi connectivity index (χ3v) is 4.38. The number of carboxylic acids is 1. The van der Waals surface area contributed by atoms with Crippen LogP contribution in [0.2, 0.25) is 0 Å². The molecule has 7 heteroatoms. The molecule has 0 radical (unpaired) electrons. The van der Waals surface area contributed by atoms with E-state index in [1.165, 1.54) is 18.7 Å². The van der Waals surface area contributed by atoms with Crippen LogP contribution >= 0.6 is 0 Å². The molecule has 0 fully saturated rings. The Kier molecular flexibility index (Phi) is 7.77. The Morgan fingerprint density at radius 1 is 1.14 bits per heavy atom. The van der Waals surface area contributed by atoms with Gasteiger partial charge in [0.1, 0.15) is 18.4 Å². The van der Waals surface area contributed by atoms with Crippen molar-refractivity contribution in [2.75, 3.05) is 13.1 Å². The highest BCUT2D eigenvalue weighted by Gasteiger charge is 2.26. The van der Waals surface area contributed by atoms with E-state index in [9.17, 15) is 19.5 Å². The van der Waals surface area contributed by atoms with Crippen LogP contribution in [0.3, 0.4) is 0 Å². The van der Waals surface area contributed by atoms with Gasteiger partial charge in [-0.05, 0) is 37.6 Å². The molecule has 0 heterocycles. The van der Waals surface area contributed by atoms with E-state index in [1.807, 2.05) is 31.2 Å². The minimum absolute atomic E-state index is 0.0836. The topological polar surface area (TPSA) is 95.9 Å². The summed E-state index contributed by atoms with van der Waals surface area (Å²) in [5, 5.41) is 11.9. The largest absolute Gasteiger partial charge is 0.489 e. The van der Waals surface area contributed by atoms with Crippen LogP contribution in [-0.2, 0) is 16.2 Å². The summed E-state index contributed by atoms with van der Waals surface area (Å²) in [6.07, 6.45) is 0. The number of aryl methyl sites for hydroxylation is 1. The second kappa shape index (κ2) is 10.3. The number of carboxylic acid groups (broad SMARTS) is 1. The molecule has 0 aromatic heterocycles. The fraction of sp³-hybridized carbons (Fsp3) is 0.318. The quantitative estimate of drug-likeness (QED) is 0.677. The predicted molar refractivity (Wildman–Crippen MR) is 109 cm³/mol. The van der Waals surface area contributed by atoms with E-state index in [0.29, 0.717) is 17.9 Å². The molecule has 0 aliphatic rings. The number of nitrogens with zero attached hydrogens (tertiary/aromatic N) is 1. The standard InChI is InChI=1S/C22H26N2O5/c1-15-6-4-7-18(12-15)14-29-20-9-5-8-19(13-20)21(26)24(16(2)22(27)28)11-10-23-17(3)25/h4-9,12-13,16H,10-11,14H2,1-3H3,(H,23,25)(H,27,28). The molecular weight excluding hydrogens is 372 g/mol. The maximum Gasteiger partial charge on any atom is 0.326 e. The van der Waals surface area contributed by atoms with Gasteiger partial charge in [0.15, 0.2) is 0 Å². The highest BCUT2D eigenvalue weighted by molar-refractivity contribution is 5.97. The van der Waals surface area contributed by atoms with Gasteiger partial charge in [-0.15, -0.1) is 0 Å². The second-order valence-corrected chi connectivity index (χ2v) is 6.80. The molecule has 2 aromatic carbocycles. The van der Waals surface area contributed by atoms with Crippen LogP contribution in [0.4, 0.5) is 0 Å². The maximum absolute atomic E-state index is 12.9. The van der Waals surface area contributed by atoms with Crippen molar-refractivity contribution in [3.05, 3.63) is 65.2 Å². The van der Waals surface area contributed by atoms with Gasteiger partial charge in [0, 0.05) is 25.6 Å². The molecule has 1 unspecified atom stereocenters. The minimum Gasteiger partial charge on any atom is -0.489 e. The summed E-state index contributed by atoms with van der Waals surface area (Å²) in [4.78, 5) is 36.6. The van der Waals surface area contributed by atoms with E-state index < -0.39 is 17.9 Å². The molecule has 0 aliphatic carbocycles. The van der Waals surface area contributed by atoms with Gasteiger partial charge in [-0.1, -0.05) is 35.9 Å². The fourth-order valence-corrected chi connectivity index (χ4v) is 2.81. The molecule has 2 N–H and O–H groups in total. The molecule has 2 rings (SSSR count). The van der Waals surface area contributed by atoms with Crippen molar-refractivity contribution in [2.24, 2.45) is 0 Å². The Balaban J connectivity index is 2.12. The van der Waals surface area contributed by atoms with Crippen molar-refractivity contribution >= 4 is 17.8 Å². The molecule has 0 spiro atoms. The van der Waals surface area contributed by atoms with E-state index in [2.05, 4.69) is 5.32 Å². The molecule has 154 valence electrons. The number of rotatable bonds is 9. The van der Waals surface area contributed by atoms with Crippen LogP contribution in [0.15, 0.2) is 48.5 Å². The number of carbonyl (C=O) groups excluding carboxylic acids is 2. The van der Waals surface area contributed by atoms with E-state index in [-0.39, 0.29) is 19.0 Å². The lowest BCUT2D eigenvalue weighted by Crippen LogP contribution is -2.46. The Labute approximate surface area is 170 Å². The van der Waals surface area contributed by atoms with E-state index >= 15 is 0 Å². The van der Waals surface area contributed by atoms with E-state index in [1.54, 1.807) is 24.3 Å². The van der Waals surface area contributed by atoms with Crippen LogP contribution in [0.25, 0.3) is 0 Å². The first-order chi connectivity index (χ1) is 13.8. The Morgan fingerprint density at radius 3 is 2.52 bits per heavy atom. The third-order valence-electron chi connectivity index (χ3n) is 4.38. The number of nitrogens with one attached hydrogen (secondary N) is 1. The summed E-state index contributed by atoms with van der Waals surface area (Å²) in [6.45, 7) is 5.41. The number of carbonyl (C=O) groups is 3. The lowest BCUT2D eigenvalue weighted by atomic mass is 10.1. The van der Waals surface area contributed by atoms with E-state index in [0.717, 1.165) is 11.1 Å². The zero-order valence-electron chi connectivity index (χ0n) is 16.8. The SMILES string of the molecule is CC(=O)NCCN(C(=O)c1cccc(OCc2cccc(C)c2)c1)C(C)C(=O)O. The van der Waals surface area contributed by atoms with Gasteiger partial charge in [-0.2, -0.15) is 0 Å². The fourth-order valence-electron chi connectivity index (χ4n) is 2.81. The maximum atomic E-state index is 12.9. The van der Waals surface area contributed by atoms with Crippen LogP contribution in [-0.4, -0.2) is 46.9 Å². The monoisotopic (exact) mass is 398 g/mol. The Bertz CT molecular complexity index is 881. The van der Waals surface area contributed by atoms with Crippen LogP contribution in [0.5, 0.6) is 5.75 Å². The molecule has 29 heavy (non-hydrogen) atoms. The molecule has 1 atom stereocenters. The highest BCUT2D eigenvalue weighted by atomic mass is 16.5. The van der Waals surface area contributed by atoms with Gasteiger partial charge in [-0.3, -0.25) is 9.59 Å². The average molecular weight is 398 g/mol. The molecule has 2 aromatic rings. The van der Waals surface area contributed by atoms with Gasteiger partial charge in [0.25, 0.3) is 5.91 Å². The summed E-state index contributed by atoms with van der Waals surface area (Å²) < 4.78 is 5.79. The second-order valence-electron chi connectivity index (χ2n) is 6.80. The lowest BCUT2D eigenvalue weighted by molar-refractivity contribution is -0.141. The number of ether oxygens (including phenoxy) is 1. The zero-order chi connectivity index (χ0) is 21.4. The highest BCUT2D eigenvalue weighted by Crippen LogP contribution is 2.18. The first kappa shape index (κ1) is 21.9. The summed E-state index contributed by atoms with van der Waals surface area (Å²) >= 11 is 0. The smallest absolute Gasteiger partial charge is 0.326 e. The molecular formula is C22H26N2O5. The van der Waals surface area contributed by atoms with Gasteiger partial charge in [-0.25, -0.2) is 4.79 Å². The molecule has 7 nitrogen and oxygen atoms in total. The third kappa shape index (κ3) is 6.64. The van der Waals surface area contributed by atoms with Crippen LogP contribution < -0.4 is 10.1 Å². The number of aliphatic carboxylic acids is 1. The van der Waals surface area contributed by atoms with Gasteiger partial charge < -0.3 is 20.1 Å². The van der Waals surface area contributed by atoms with Crippen LogP contribution in [0.1, 0.15) is 35.3 Å². The van der Waals surface area contributed by atoms with Crippen molar-refractivity contribution in [1.29, 1.82) is 0 Å². The lowest BCUT2D eigenvalue weighted by Gasteiger charge is -2.26. The van der Waals surface area contributed by atoms with Crippen molar-refractivity contribution in [2.45, 2.75) is 33.4 Å². The van der Waals surface area contributed by atoms with Crippen molar-refractivity contribution in [3.8, 4) is 5.75 Å². The first-order valence-corrected chi connectivity index (χ1v) is 9.34. The zero-order valence-corrected chi connectivity index (χ0v) is 16.8. The summed E-state index contributed by atoms with van der Waals surface area (Å²) in [7, 11) is 0. The molecule has 0 bridgehead atoms. The van der Waals surface area contributed by atoms with Crippen molar-refractivity contribution in [1.82, 2.24) is 10.2 Å². The number of hydrogen-bond donors (Lipinski definition) is 2. The normalized spacial score (nSPS) is 11.4. The van der Waals surface area contributed by atoms with Gasteiger partial charge >= 0.3 is 5.97 Å². The van der Waals surface area contributed by atoms with E-state index in [4.69, 9.17) is 4.74 Å². The van der Waals surface area contributed by atoms with Gasteiger partial charge in [0.2, 0.25) is 5.91 Å². The summed E-state index contributed by atoms with van der Waals surface area (Å²) in [5.74, 6) is -1.28. The molecule has 0 aliphatic heterocycles. The van der Waals surface area contributed by atoms with Crippen molar-refractivity contribution < 1.29 is 24.2 Å². The van der Waals surface area contributed by atoms with Crippen LogP contribution in [0, 0.1) is 6.92 Å². The van der Waals surface area contributed by atoms with Gasteiger partial charge in [0.05, 0.1) is 0 Å². The Morgan fingerprint density at radius 2 is 1.86 bits per heavy atom. The summed E-state index contributed by atoms with van der Waals surface area (Å²) in [6, 6.07) is 13.5. The predicted octanol–water partition coefficient (Wildman–Crippen LogP) is 2.63. The average Bonchev–Trinajstić information content (AvgIpc) is 2.69. The minimum atomic E-state index is -1.12. The summed E-state index contributed by atoms with van der Waals surface area (Å²) in [5.41, 5.74) is 2.47. The number of amides is 2. The number of hydrogen-bond acceptors (Lipinski definition) is 4. The molecule has 2 amide bonds. The molecule has 0 saturated carbocycles. The van der Waals surface area contributed by atoms with Crippen molar-refractivity contribution in [3.63, 3.8) is 0 Å². The molecule has 0 saturated heterocycles. The number of benzene rings is 2. The Hall–Kier alpha value is -3.35.